The number of halogens is 2. The molecule has 1 unspecified atom stereocenters. The van der Waals surface area contributed by atoms with Gasteiger partial charge in [0.15, 0.2) is 0 Å². The second-order valence-corrected chi connectivity index (χ2v) is 4.77. The molecule has 3 nitrogen and oxygen atoms in total. The fourth-order valence-corrected chi connectivity index (χ4v) is 2.29. The van der Waals surface area contributed by atoms with Crippen LogP contribution in [0.1, 0.15) is 29.6 Å². The molecule has 0 radical (unpaired) electrons. The second-order valence-electron chi connectivity index (χ2n) is 4.77. The van der Waals surface area contributed by atoms with Crippen LogP contribution in [0.5, 0.6) is 0 Å². The molecule has 1 saturated heterocycles. The highest BCUT2D eigenvalue weighted by atomic mass is 35.5. The smallest absolute Gasteiger partial charge is 0.251 e. The lowest BCUT2D eigenvalue weighted by atomic mass is 9.96. The lowest BCUT2D eigenvalue weighted by Crippen LogP contribution is -2.33. The van der Waals surface area contributed by atoms with Gasteiger partial charge in [-0.05, 0) is 56.5 Å². The molecule has 0 saturated carbocycles. The van der Waals surface area contributed by atoms with Gasteiger partial charge in [-0.2, -0.15) is 0 Å². The van der Waals surface area contributed by atoms with Crippen LogP contribution >= 0.6 is 12.4 Å². The molecule has 1 aromatic carbocycles. The molecule has 2 rings (SSSR count). The van der Waals surface area contributed by atoms with Crippen LogP contribution in [-0.4, -0.2) is 25.5 Å². The minimum atomic E-state index is -0.376. The average Bonchev–Trinajstić information content (AvgIpc) is 2.40. The summed E-state index contributed by atoms with van der Waals surface area (Å²) in [7, 11) is 0. The Hall–Kier alpha value is -1.13. The zero-order valence-electron chi connectivity index (χ0n) is 10.8. The van der Waals surface area contributed by atoms with E-state index in [2.05, 4.69) is 10.6 Å². The maximum Gasteiger partial charge on any atom is 0.251 e. The first kappa shape index (κ1) is 15.9. The van der Waals surface area contributed by atoms with Gasteiger partial charge in [-0.15, -0.1) is 12.4 Å². The average molecular weight is 287 g/mol. The van der Waals surface area contributed by atoms with E-state index in [0.717, 1.165) is 19.5 Å². The van der Waals surface area contributed by atoms with E-state index in [-0.39, 0.29) is 24.1 Å². The maximum absolute atomic E-state index is 13.0. The molecule has 1 aliphatic heterocycles. The number of carbonyl (C=O) groups excluding carboxylic acids is 1. The molecule has 0 aliphatic carbocycles. The standard InChI is InChI=1S/C14H19FN2O.ClH/c15-13-5-1-4-12(9-13)14(18)17-8-6-11-3-2-7-16-10-11;/h1,4-5,9,11,16H,2-3,6-8,10H2,(H,17,18);1H. The van der Waals surface area contributed by atoms with Crippen molar-refractivity contribution in [2.45, 2.75) is 19.3 Å². The van der Waals surface area contributed by atoms with Crippen molar-refractivity contribution in [1.29, 1.82) is 0 Å². The second kappa shape index (κ2) is 8.12. The highest BCUT2D eigenvalue weighted by Crippen LogP contribution is 2.13. The van der Waals surface area contributed by atoms with Gasteiger partial charge in [-0.25, -0.2) is 4.39 Å². The van der Waals surface area contributed by atoms with Crippen molar-refractivity contribution in [3.63, 3.8) is 0 Å². The molecule has 5 heteroatoms. The van der Waals surface area contributed by atoms with E-state index >= 15 is 0 Å². The fraction of sp³-hybridized carbons (Fsp3) is 0.500. The van der Waals surface area contributed by atoms with Gasteiger partial charge in [0.25, 0.3) is 5.91 Å². The van der Waals surface area contributed by atoms with Gasteiger partial charge in [-0.1, -0.05) is 6.07 Å². The van der Waals surface area contributed by atoms with Crippen LogP contribution in [-0.2, 0) is 0 Å². The highest BCUT2D eigenvalue weighted by molar-refractivity contribution is 5.94. The Bertz CT molecular complexity index is 408. The summed E-state index contributed by atoms with van der Waals surface area (Å²) >= 11 is 0. The summed E-state index contributed by atoms with van der Waals surface area (Å²) in [5.41, 5.74) is 0.386. The maximum atomic E-state index is 13.0. The largest absolute Gasteiger partial charge is 0.352 e. The first-order valence-corrected chi connectivity index (χ1v) is 6.50. The molecule has 1 amide bonds. The summed E-state index contributed by atoms with van der Waals surface area (Å²) in [6, 6.07) is 5.78. The van der Waals surface area contributed by atoms with E-state index in [1.54, 1.807) is 12.1 Å². The Morgan fingerprint density at radius 1 is 1.47 bits per heavy atom. The SMILES string of the molecule is Cl.O=C(NCCC1CCCNC1)c1cccc(F)c1. The predicted molar refractivity (Wildman–Crippen MR) is 76.2 cm³/mol. The van der Waals surface area contributed by atoms with Crippen LogP contribution < -0.4 is 10.6 Å². The van der Waals surface area contributed by atoms with E-state index < -0.39 is 0 Å². The van der Waals surface area contributed by atoms with Gasteiger partial charge in [0.1, 0.15) is 5.82 Å². The minimum Gasteiger partial charge on any atom is -0.352 e. The van der Waals surface area contributed by atoms with Crippen LogP contribution in [0.15, 0.2) is 24.3 Å². The van der Waals surface area contributed by atoms with Crippen molar-refractivity contribution in [3.8, 4) is 0 Å². The molecule has 1 aromatic rings. The number of amides is 1. The molecular formula is C14H20ClFN2O. The summed E-state index contributed by atoms with van der Waals surface area (Å²) in [5, 5.41) is 6.19. The number of hydrogen-bond donors (Lipinski definition) is 2. The Labute approximate surface area is 119 Å². The summed E-state index contributed by atoms with van der Waals surface area (Å²) in [6.45, 7) is 2.80. The van der Waals surface area contributed by atoms with E-state index in [0.29, 0.717) is 18.0 Å². The fourth-order valence-electron chi connectivity index (χ4n) is 2.29. The lowest BCUT2D eigenvalue weighted by Gasteiger charge is -2.22. The van der Waals surface area contributed by atoms with E-state index in [1.807, 2.05) is 0 Å². The van der Waals surface area contributed by atoms with Crippen molar-refractivity contribution in [3.05, 3.63) is 35.6 Å². The van der Waals surface area contributed by atoms with E-state index in [9.17, 15) is 9.18 Å². The first-order chi connectivity index (χ1) is 8.75. The summed E-state index contributed by atoms with van der Waals surface area (Å²) in [6.07, 6.45) is 3.42. The molecule has 0 bridgehead atoms. The number of rotatable bonds is 4. The Kier molecular flexibility index (Phi) is 6.81. The zero-order valence-corrected chi connectivity index (χ0v) is 11.6. The van der Waals surface area contributed by atoms with Gasteiger partial charge in [0.2, 0.25) is 0 Å². The van der Waals surface area contributed by atoms with Crippen LogP contribution in [0, 0.1) is 11.7 Å². The van der Waals surface area contributed by atoms with Crippen molar-refractivity contribution in [2.75, 3.05) is 19.6 Å². The van der Waals surface area contributed by atoms with Crippen molar-refractivity contribution >= 4 is 18.3 Å². The number of hydrogen-bond acceptors (Lipinski definition) is 2. The topological polar surface area (TPSA) is 41.1 Å². The molecule has 19 heavy (non-hydrogen) atoms. The van der Waals surface area contributed by atoms with Gasteiger partial charge < -0.3 is 10.6 Å². The number of piperidine rings is 1. The van der Waals surface area contributed by atoms with Crippen LogP contribution in [0.2, 0.25) is 0 Å². The zero-order chi connectivity index (χ0) is 12.8. The van der Waals surface area contributed by atoms with Crippen LogP contribution in [0.3, 0.4) is 0 Å². The molecule has 1 fully saturated rings. The number of benzene rings is 1. The van der Waals surface area contributed by atoms with Crippen LogP contribution in [0.25, 0.3) is 0 Å². The minimum absolute atomic E-state index is 0. The quantitative estimate of drug-likeness (QED) is 0.892. The van der Waals surface area contributed by atoms with Gasteiger partial charge >= 0.3 is 0 Å². The third-order valence-electron chi connectivity index (χ3n) is 3.32. The molecule has 1 aliphatic rings. The Balaban J connectivity index is 0.00000180. The van der Waals surface area contributed by atoms with Crippen molar-refractivity contribution in [2.24, 2.45) is 5.92 Å². The molecule has 106 valence electrons. The summed E-state index contributed by atoms with van der Waals surface area (Å²) in [4.78, 5) is 11.7. The first-order valence-electron chi connectivity index (χ1n) is 6.50. The third-order valence-corrected chi connectivity index (χ3v) is 3.32. The molecule has 1 heterocycles. The van der Waals surface area contributed by atoms with Crippen molar-refractivity contribution < 1.29 is 9.18 Å². The highest BCUT2D eigenvalue weighted by Gasteiger charge is 2.13. The normalized spacial score (nSPS) is 18.5. The van der Waals surface area contributed by atoms with Gasteiger partial charge in [0, 0.05) is 12.1 Å². The summed E-state index contributed by atoms with van der Waals surface area (Å²) < 4.78 is 13.0. The van der Waals surface area contributed by atoms with Gasteiger partial charge in [0.05, 0.1) is 0 Å². The number of nitrogens with one attached hydrogen (secondary N) is 2. The molecule has 0 aromatic heterocycles. The molecule has 2 N–H and O–H groups in total. The predicted octanol–water partition coefficient (Wildman–Crippen LogP) is 2.37. The van der Waals surface area contributed by atoms with Crippen LogP contribution in [0.4, 0.5) is 4.39 Å². The Morgan fingerprint density at radius 2 is 2.32 bits per heavy atom. The number of carbonyl (C=O) groups is 1. The lowest BCUT2D eigenvalue weighted by molar-refractivity contribution is 0.0950. The summed E-state index contributed by atoms with van der Waals surface area (Å²) in [5.74, 6) is 0.0731. The van der Waals surface area contributed by atoms with Crippen molar-refractivity contribution in [1.82, 2.24) is 10.6 Å². The van der Waals surface area contributed by atoms with E-state index in [4.69, 9.17) is 0 Å². The molecular weight excluding hydrogens is 267 g/mol. The van der Waals surface area contributed by atoms with Gasteiger partial charge in [-0.3, -0.25) is 4.79 Å². The molecule has 1 atom stereocenters. The van der Waals surface area contributed by atoms with E-state index in [1.165, 1.54) is 25.0 Å². The monoisotopic (exact) mass is 286 g/mol. The molecule has 0 spiro atoms. The third kappa shape index (κ3) is 5.17. The Morgan fingerprint density at radius 3 is 3.00 bits per heavy atom.